The minimum atomic E-state index is -4.13. The molecule has 0 aromatic heterocycles. The van der Waals surface area contributed by atoms with Crippen molar-refractivity contribution in [3.63, 3.8) is 0 Å². The van der Waals surface area contributed by atoms with Crippen LogP contribution >= 0.6 is 11.6 Å². The van der Waals surface area contributed by atoms with Crippen molar-refractivity contribution in [2.75, 3.05) is 12.0 Å². The Morgan fingerprint density at radius 1 is 1.00 bits per heavy atom. The number of hydrogen-bond donors (Lipinski definition) is 0. The van der Waals surface area contributed by atoms with Crippen LogP contribution in [0, 0.1) is 6.92 Å². The number of carbonyl (C=O) groups is 2. The lowest BCUT2D eigenvalue weighted by atomic mass is 10.2. The molecular weight excluding hydrogens is 476 g/mol. The topological polar surface area (TPSA) is 84.0 Å². The Kier molecular flexibility index (Phi) is 6.74. The molecule has 1 saturated heterocycles. The first-order valence-electron chi connectivity index (χ1n) is 10.5. The van der Waals surface area contributed by atoms with Gasteiger partial charge in [0.2, 0.25) is 15.9 Å². The van der Waals surface area contributed by atoms with Crippen LogP contribution in [0.25, 0.3) is 0 Å². The zero-order chi connectivity index (χ0) is 24.5. The second-order valence-electron chi connectivity index (χ2n) is 7.94. The zero-order valence-corrected chi connectivity index (χ0v) is 20.2. The van der Waals surface area contributed by atoms with Crippen molar-refractivity contribution in [3.8, 4) is 5.75 Å². The highest BCUT2D eigenvalue weighted by atomic mass is 35.5. The molecule has 4 rings (SSSR count). The van der Waals surface area contributed by atoms with Crippen LogP contribution in [0.5, 0.6) is 5.75 Å². The molecular formula is C25H23ClN2O5S. The Balaban J connectivity index is 1.75. The van der Waals surface area contributed by atoms with E-state index in [1.807, 2.05) is 6.92 Å². The molecule has 1 atom stereocenters. The molecule has 0 aliphatic carbocycles. The number of sulfonamides is 1. The lowest BCUT2D eigenvalue weighted by Gasteiger charge is -2.27. The van der Waals surface area contributed by atoms with Gasteiger partial charge in [0.15, 0.2) is 0 Å². The number of hydrogen-bond acceptors (Lipinski definition) is 5. The average molecular weight is 499 g/mol. The molecule has 3 aromatic carbocycles. The molecule has 9 heteroatoms. The summed E-state index contributed by atoms with van der Waals surface area (Å²) in [6.07, 6.45) is -0.277. The largest absolute Gasteiger partial charge is 0.497 e. The van der Waals surface area contributed by atoms with Crippen LogP contribution in [-0.2, 0) is 26.2 Å². The van der Waals surface area contributed by atoms with Crippen molar-refractivity contribution in [2.45, 2.75) is 30.8 Å². The summed E-state index contributed by atoms with van der Waals surface area (Å²) in [4.78, 5) is 27.4. The molecule has 0 bridgehead atoms. The number of nitrogens with zero attached hydrogens (tertiary/aromatic N) is 2. The van der Waals surface area contributed by atoms with E-state index in [2.05, 4.69) is 0 Å². The zero-order valence-electron chi connectivity index (χ0n) is 18.6. The SMILES string of the molecule is COc1ccc(N2C(=O)CC(N(Cc3ccccc3Cl)S(=O)(=O)c3ccc(C)cc3)C2=O)cc1. The van der Waals surface area contributed by atoms with E-state index in [1.54, 1.807) is 60.7 Å². The molecule has 1 unspecified atom stereocenters. The third-order valence-corrected chi connectivity index (χ3v) is 7.95. The van der Waals surface area contributed by atoms with Crippen LogP contribution in [0.3, 0.4) is 0 Å². The number of benzene rings is 3. The Labute approximate surface area is 203 Å². The van der Waals surface area contributed by atoms with Gasteiger partial charge in [-0.2, -0.15) is 4.31 Å². The summed E-state index contributed by atoms with van der Waals surface area (Å²) in [5.74, 6) is -0.525. The van der Waals surface area contributed by atoms with Gasteiger partial charge in [-0.25, -0.2) is 13.3 Å². The highest BCUT2D eigenvalue weighted by Gasteiger charge is 2.47. The van der Waals surface area contributed by atoms with E-state index in [-0.39, 0.29) is 17.9 Å². The molecule has 1 fully saturated rings. The minimum Gasteiger partial charge on any atom is -0.497 e. The van der Waals surface area contributed by atoms with Gasteiger partial charge < -0.3 is 4.74 Å². The van der Waals surface area contributed by atoms with Gasteiger partial charge in [-0.15, -0.1) is 0 Å². The standard InChI is InChI=1S/C25H23ClN2O5S/c1-17-7-13-21(14-8-17)34(31,32)27(16-18-5-3-4-6-22(18)26)23-15-24(29)28(25(23)30)19-9-11-20(33-2)12-10-19/h3-14,23H,15-16H2,1-2H3. The van der Waals surface area contributed by atoms with Crippen molar-refractivity contribution in [1.29, 1.82) is 0 Å². The van der Waals surface area contributed by atoms with E-state index in [0.29, 0.717) is 22.0 Å². The number of anilines is 1. The van der Waals surface area contributed by atoms with Crippen molar-refractivity contribution in [2.24, 2.45) is 0 Å². The van der Waals surface area contributed by atoms with Crippen LogP contribution < -0.4 is 9.64 Å². The first kappa shape index (κ1) is 23.9. The lowest BCUT2D eigenvalue weighted by Crippen LogP contribution is -2.45. The van der Waals surface area contributed by atoms with E-state index < -0.39 is 27.9 Å². The fourth-order valence-electron chi connectivity index (χ4n) is 3.85. The Hall–Kier alpha value is -3.20. The van der Waals surface area contributed by atoms with E-state index in [4.69, 9.17) is 16.3 Å². The summed E-state index contributed by atoms with van der Waals surface area (Å²) >= 11 is 6.31. The maximum absolute atomic E-state index is 13.7. The molecule has 176 valence electrons. The number of imide groups is 1. The molecule has 0 saturated carbocycles. The number of carbonyl (C=O) groups excluding carboxylic acids is 2. The molecule has 3 aromatic rings. The number of methoxy groups -OCH3 is 1. The molecule has 1 aliphatic heterocycles. The number of halogens is 1. The predicted octanol–water partition coefficient (Wildman–Crippen LogP) is 4.18. The van der Waals surface area contributed by atoms with Gasteiger partial charge in [0.1, 0.15) is 11.8 Å². The van der Waals surface area contributed by atoms with Crippen LogP contribution in [0.15, 0.2) is 77.7 Å². The summed E-state index contributed by atoms with van der Waals surface area (Å²) in [7, 11) is -2.62. The third-order valence-electron chi connectivity index (χ3n) is 5.71. The summed E-state index contributed by atoms with van der Waals surface area (Å²) in [6, 6.07) is 18.4. The normalized spacial score (nSPS) is 16.4. The molecule has 34 heavy (non-hydrogen) atoms. The first-order valence-corrected chi connectivity index (χ1v) is 12.4. The number of rotatable bonds is 7. The third kappa shape index (κ3) is 4.57. The van der Waals surface area contributed by atoms with Crippen LogP contribution in [0.4, 0.5) is 5.69 Å². The van der Waals surface area contributed by atoms with Gasteiger partial charge in [0.25, 0.3) is 5.91 Å². The fraction of sp³-hybridized carbons (Fsp3) is 0.200. The molecule has 0 radical (unpaired) electrons. The molecule has 7 nitrogen and oxygen atoms in total. The second-order valence-corrected chi connectivity index (χ2v) is 10.2. The second kappa shape index (κ2) is 9.58. The monoisotopic (exact) mass is 498 g/mol. The minimum absolute atomic E-state index is 0.0355. The molecule has 0 spiro atoms. The highest BCUT2D eigenvalue weighted by Crippen LogP contribution is 2.32. The van der Waals surface area contributed by atoms with Gasteiger partial charge in [0.05, 0.1) is 24.1 Å². The summed E-state index contributed by atoms with van der Waals surface area (Å²) < 4.78 is 33.6. The average Bonchev–Trinajstić information content (AvgIpc) is 3.12. The predicted molar refractivity (Wildman–Crippen MR) is 129 cm³/mol. The van der Waals surface area contributed by atoms with Crippen molar-refractivity contribution in [1.82, 2.24) is 4.31 Å². The van der Waals surface area contributed by atoms with Gasteiger partial charge in [-0.1, -0.05) is 47.5 Å². The van der Waals surface area contributed by atoms with Gasteiger partial charge in [-0.05, 0) is 55.0 Å². The van der Waals surface area contributed by atoms with E-state index >= 15 is 0 Å². The highest BCUT2D eigenvalue weighted by molar-refractivity contribution is 7.89. The van der Waals surface area contributed by atoms with Gasteiger partial charge in [-0.3, -0.25) is 9.59 Å². The number of amides is 2. The van der Waals surface area contributed by atoms with E-state index in [0.717, 1.165) is 14.8 Å². The van der Waals surface area contributed by atoms with Gasteiger partial charge in [0, 0.05) is 11.6 Å². The maximum atomic E-state index is 13.7. The maximum Gasteiger partial charge on any atom is 0.252 e. The smallest absolute Gasteiger partial charge is 0.252 e. The Morgan fingerprint density at radius 3 is 2.26 bits per heavy atom. The summed E-state index contributed by atoms with van der Waals surface area (Å²) in [5, 5.41) is 0.371. The summed E-state index contributed by atoms with van der Waals surface area (Å²) in [5.41, 5.74) is 1.78. The van der Waals surface area contributed by atoms with E-state index in [9.17, 15) is 18.0 Å². The van der Waals surface area contributed by atoms with Crippen LogP contribution in [-0.4, -0.2) is 37.7 Å². The molecule has 1 aliphatic rings. The van der Waals surface area contributed by atoms with E-state index in [1.165, 1.54) is 19.2 Å². The lowest BCUT2D eigenvalue weighted by molar-refractivity contribution is -0.122. The number of ether oxygens (including phenoxy) is 1. The summed E-state index contributed by atoms with van der Waals surface area (Å²) in [6.45, 7) is 1.69. The fourth-order valence-corrected chi connectivity index (χ4v) is 5.60. The van der Waals surface area contributed by atoms with Crippen LogP contribution in [0.1, 0.15) is 17.5 Å². The Morgan fingerprint density at radius 2 is 1.65 bits per heavy atom. The van der Waals surface area contributed by atoms with Crippen LogP contribution in [0.2, 0.25) is 5.02 Å². The van der Waals surface area contributed by atoms with Crippen molar-refractivity contribution < 1.29 is 22.7 Å². The molecule has 1 heterocycles. The van der Waals surface area contributed by atoms with Crippen molar-refractivity contribution in [3.05, 3.63) is 88.9 Å². The Bertz CT molecular complexity index is 1320. The quantitative estimate of drug-likeness (QED) is 0.456. The number of aryl methyl sites for hydroxylation is 1. The molecule has 2 amide bonds. The first-order chi connectivity index (χ1) is 16.2. The van der Waals surface area contributed by atoms with Crippen molar-refractivity contribution >= 4 is 39.1 Å². The van der Waals surface area contributed by atoms with Gasteiger partial charge >= 0.3 is 0 Å². The molecule has 0 N–H and O–H groups in total.